The number of pyridine rings is 1. The molecule has 154 valence electrons. The Balaban J connectivity index is 1.46. The average molecular weight is 402 g/mol. The van der Waals surface area contributed by atoms with Crippen molar-refractivity contribution in [2.24, 2.45) is 5.92 Å². The van der Waals surface area contributed by atoms with Crippen LogP contribution < -0.4 is 0 Å². The van der Waals surface area contributed by atoms with Gasteiger partial charge < -0.3 is 9.47 Å². The highest BCUT2D eigenvalue weighted by atomic mass is 32.1. The van der Waals surface area contributed by atoms with E-state index in [2.05, 4.69) is 43.1 Å². The molecule has 1 fully saturated rings. The Morgan fingerprint density at radius 2 is 1.71 bits per heavy atom. The van der Waals surface area contributed by atoms with Crippen LogP contribution in [0.4, 0.5) is 0 Å². The molecule has 0 amide bonds. The summed E-state index contributed by atoms with van der Waals surface area (Å²) in [5.74, 6) is 0.553. The predicted molar refractivity (Wildman–Crippen MR) is 118 cm³/mol. The number of hydrogen-bond acceptors (Lipinski definition) is 4. The first-order valence-corrected chi connectivity index (χ1v) is 11.9. The molecule has 1 aliphatic rings. The molecule has 28 heavy (non-hydrogen) atoms. The molecule has 3 heterocycles. The van der Waals surface area contributed by atoms with E-state index >= 15 is 0 Å². The minimum absolute atomic E-state index is 0.202. The summed E-state index contributed by atoms with van der Waals surface area (Å²) in [6.45, 7) is 6.11. The minimum Gasteiger partial charge on any atom is -0.347 e. The molecule has 0 aliphatic carbocycles. The third kappa shape index (κ3) is 6.40. The third-order valence-electron chi connectivity index (χ3n) is 5.44. The fourth-order valence-corrected chi connectivity index (χ4v) is 4.62. The fourth-order valence-electron chi connectivity index (χ4n) is 3.62. The van der Waals surface area contributed by atoms with Crippen molar-refractivity contribution in [2.75, 3.05) is 13.2 Å². The Labute approximate surface area is 174 Å². The van der Waals surface area contributed by atoms with Crippen LogP contribution in [0.5, 0.6) is 0 Å². The first kappa shape index (κ1) is 21.5. The van der Waals surface area contributed by atoms with Gasteiger partial charge in [0.05, 0.1) is 18.1 Å². The molecule has 0 atom stereocenters. The first-order valence-electron chi connectivity index (χ1n) is 11.1. The molecule has 0 bridgehead atoms. The van der Waals surface area contributed by atoms with E-state index in [9.17, 15) is 0 Å². The molecule has 0 unspecified atom stereocenters. The lowest BCUT2D eigenvalue weighted by Gasteiger charge is -2.28. The molecule has 0 N–H and O–H groups in total. The molecule has 2 aromatic rings. The standard InChI is InChI=1S/C24H35NO2S/c1-3-5-7-8-9-10-19-17-26-24(27-18-19)23-15-14-22(28-23)20-12-13-21(25-16-20)11-6-4-2/h12-16,19,24H,3-11,17-18H2,1-2H3. The molecular formula is C24H35NO2S. The summed E-state index contributed by atoms with van der Waals surface area (Å²) in [5, 5.41) is 0. The van der Waals surface area contributed by atoms with Gasteiger partial charge in [0, 0.05) is 28.2 Å². The lowest BCUT2D eigenvalue weighted by molar-refractivity contribution is -0.204. The molecule has 1 aliphatic heterocycles. The van der Waals surface area contributed by atoms with E-state index in [0.717, 1.165) is 24.5 Å². The highest BCUT2D eigenvalue weighted by Crippen LogP contribution is 2.35. The molecule has 1 saturated heterocycles. The quantitative estimate of drug-likeness (QED) is 0.374. The first-order chi connectivity index (χ1) is 13.8. The van der Waals surface area contributed by atoms with Gasteiger partial charge in [0.1, 0.15) is 0 Å². The fraction of sp³-hybridized carbons (Fsp3) is 0.625. The van der Waals surface area contributed by atoms with Crippen LogP contribution in [-0.2, 0) is 15.9 Å². The molecule has 0 aromatic carbocycles. The SMILES string of the molecule is CCCCCCCC1COC(c2ccc(-c3ccc(CCCC)nc3)s2)OC1. The van der Waals surface area contributed by atoms with Gasteiger partial charge in [0.15, 0.2) is 6.29 Å². The Morgan fingerprint density at radius 3 is 2.43 bits per heavy atom. The predicted octanol–water partition coefficient (Wildman–Crippen LogP) is 7.17. The molecular weight excluding hydrogens is 366 g/mol. The van der Waals surface area contributed by atoms with Gasteiger partial charge in [-0.2, -0.15) is 0 Å². The van der Waals surface area contributed by atoms with Crippen molar-refractivity contribution in [3.63, 3.8) is 0 Å². The topological polar surface area (TPSA) is 31.4 Å². The number of ether oxygens (including phenoxy) is 2. The summed E-state index contributed by atoms with van der Waals surface area (Å²) >= 11 is 1.75. The average Bonchev–Trinajstić information content (AvgIpc) is 3.23. The van der Waals surface area contributed by atoms with E-state index in [4.69, 9.17) is 9.47 Å². The lowest BCUT2D eigenvalue weighted by Crippen LogP contribution is -2.26. The zero-order chi connectivity index (χ0) is 19.6. The van der Waals surface area contributed by atoms with Crippen molar-refractivity contribution in [3.05, 3.63) is 41.0 Å². The van der Waals surface area contributed by atoms with E-state index in [1.165, 1.54) is 67.5 Å². The van der Waals surface area contributed by atoms with Crippen molar-refractivity contribution in [1.29, 1.82) is 0 Å². The normalized spacial score (nSPS) is 19.8. The molecule has 0 spiro atoms. The lowest BCUT2D eigenvalue weighted by atomic mass is 10.0. The Bertz CT molecular complexity index is 674. The Kier molecular flexibility index (Phi) is 8.97. The van der Waals surface area contributed by atoms with Crippen LogP contribution in [0.25, 0.3) is 10.4 Å². The summed E-state index contributed by atoms with van der Waals surface area (Å²) in [7, 11) is 0. The zero-order valence-corrected chi connectivity index (χ0v) is 18.3. The Morgan fingerprint density at radius 1 is 0.929 bits per heavy atom. The maximum absolute atomic E-state index is 6.04. The zero-order valence-electron chi connectivity index (χ0n) is 17.5. The molecule has 4 heteroatoms. The van der Waals surface area contributed by atoms with Crippen LogP contribution in [0.15, 0.2) is 30.5 Å². The number of unbranched alkanes of at least 4 members (excludes halogenated alkanes) is 5. The number of thiophene rings is 1. The van der Waals surface area contributed by atoms with Gasteiger partial charge in [-0.3, -0.25) is 4.98 Å². The smallest absolute Gasteiger partial charge is 0.193 e. The van der Waals surface area contributed by atoms with E-state index in [1.54, 1.807) is 11.3 Å². The van der Waals surface area contributed by atoms with E-state index in [0.29, 0.717) is 5.92 Å². The van der Waals surface area contributed by atoms with Crippen LogP contribution in [0, 0.1) is 5.92 Å². The van der Waals surface area contributed by atoms with Crippen molar-refractivity contribution >= 4 is 11.3 Å². The van der Waals surface area contributed by atoms with Gasteiger partial charge in [-0.25, -0.2) is 0 Å². The second-order valence-corrected chi connectivity index (χ2v) is 9.03. The van der Waals surface area contributed by atoms with E-state index < -0.39 is 0 Å². The number of rotatable bonds is 11. The summed E-state index contributed by atoms with van der Waals surface area (Å²) in [6.07, 6.45) is 13.2. The Hall–Kier alpha value is -1.23. The van der Waals surface area contributed by atoms with Gasteiger partial charge in [-0.1, -0.05) is 58.4 Å². The number of aryl methyl sites for hydroxylation is 1. The van der Waals surface area contributed by atoms with E-state index in [-0.39, 0.29) is 6.29 Å². The second kappa shape index (κ2) is 11.7. The minimum atomic E-state index is -0.202. The summed E-state index contributed by atoms with van der Waals surface area (Å²) in [6, 6.07) is 8.64. The van der Waals surface area contributed by atoms with Gasteiger partial charge in [-0.05, 0) is 37.5 Å². The molecule has 2 aromatic heterocycles. The number of aromatic nitrogens is 1. The van der Waals surface area contributed by atoms with Crippen molar-refractivity contribution < 1.29 is 9.47 Å². The van der Waals surface area contributed by atoms with Crippen LogP contribution in [-0.4, -0.2) is 18.2 Å². The van der Waals surface area contributed by atoms with Crippen LogP contribution in [0.3, 0.4) is 0 Å². The van der Waals surface area contributed by atoms with Crippen LogP contribution >= 0.6 is 11.3 Å². The summed E-state index contributed by atoms with van der Waals surface area (Å²) in [5.41, 5.74) is 2.36. The summed E-state index contributed by atoms with van der Waals surface area (Å²) in [4.78, 5) is 7.01. The maximum Gasteiger partial charge on any atom is 0.193 e. The molecule has 3 rings (SSSR count). The van der Waals surface area contributed by atoms with Crippen LogP contribution in [0.2, 0.25) is 0 Å². The van der Waals surface area contributed by atoms with Gasteiger partial charge >= 0.3 is 0 Å². The molecule has 0 saturated carbocycles. The monoisotopic (exact) mass is 401 g/mol. The maximum atomic E-state index is 6.04. The van der Waals surface area contributed by atoms with Gasteiger partial charge in [-0.15, -0.1) is 11.3 Å². The number of hydrogen-bond donors (Lipinski definition) is 0. The van der Waals surface area contributed by atoms with Crippen LogP contribution in [0.1, 0.15) is 82.1 Å². The third-order valence-corrected chi connectivity index (χ3v) is 6.59. The van der Waals surface area contributed by atoms with Gasteiger partial charge in [0.25, 0.3) is 0 Å². The molecule has 3 nitrogen and oxygen atoms in total. The largest absolute Gasteiger partial charge is 0.347 e. The van der Waals surface area contributed by atoms with Crippen molar-refractivity contribution in [3.8, 4) is 10.4 Å². The summed E-state index contributed by atoms with van der Waals surface area (Å²) < 4.78 is 12.1. The van der Waals surface area contributed by atoms with Crippen molar-refractivity contribution in [2.45, 2.75) is 77.9 Å². The second-order valence-electron chi connectivity index (χ2n) is 7.91. The molecule has 0 radical (unpaired) electrons. The highest BCUT2D eigenvalue weighted by molar-refractivity contribution is 7.15. The van der Waals surface area contributed by atoms with E-state index in [1.807, 2.05) is 6.20 Å². The van der Waals surface area contributed by atoms with Crippen molar-refractivity contribution in [1.82, 2.24) is 4.98 Å². The van der Waals surface area contributed by atoms with Gasteiger partial charge in [0.2, 0.25) is 0 Å². The highest BCUT2D eigenvalue weighted by Gasteiger charge is 2.24. The number of nitrogens with zero attached hydrogens (tertiary/aromatic N) is 1.